The van der Waals surface area contributed by atoms with E-state index >= 15 is 0 Å². The fourth-order valence-electron chi connectivity index (χ4n) is 2.20. The summed E-state index contributed by atoms with van der Waals surface area (Å²) in [4.78, 5) is 12.3. The molecule has 3 rings (SSSR count). The fraction of sp³-hybridized carbons (Fsp3) is 0.133. The van der Waals surface area contributed by atoms with Crippen molar-refractivity contribution in [1.29, 1.82) is 0 Å². The van der Waals surface area contributed by atoms with Crippen LogP contribution in [0, 0.1) is 0 Å². The van der Waals surface area contributed by atoms with E-state index in [0.717, 1.165) is 22.6 Å². The van der Waals surface area contributed by atoms with Crippen LogP contribution in [-0.2, 0) is 10.5 Å². The molecule has 0 aliphatic rings. The van der Waals surface area contributed by atoms with Crippen LogP contribution >= 0.6 is 34.2 Å². The summed E-state index contributed by atoms with van der Waals surface area (Å²) >= 11 is 7.01. The van der Waals surface area contributed by atoms with Crippen LogP contribution in [0.25, 0.3) is 11.0 Å². The van der Waals surface area contributed by atoms with Gasteiger partial charge in [-0.15, -0.1) is 0 Å². The summed E-state index contributed by atoms with van der Waals surface area (Å²) in [5.74, 6) is 0.458. The van der Waals surface area contributed by atoms with Crippen molar-refractivity contribution < 1.29 is 8.78 Å². The topological polar surface area (TPSA) is 50.7 Å². The Hall–Kier alpha value is -1.61. The highest BCUT2D eigenvalue weighted by Crippen LogP contribution is 2.37. The molecule has 0 unspecified atom stereocenters. The predicted molar refractivity (Wildman–Crippen MR) is 94.0 cm³/mol. The molecular formula is C15H10ClF2IN4. The van der Waals surface area contributed by atoms with Gasteiger partial charge in [0.25, 0.3) is 0 Å². The molecular weight excluding hydrogens is 437 g/mol. The number of rotatable bonds is 4. The van der Waals surface area contributed by atoms with Gasteiger partial charge in [-0.1, -0.05) is 24.3 Å². The third kappa shape index (κ3) is 3.66. The van der Waals surface area contributed by atoms with Gasteiger partial charge in [0.05, 0.1) is 5.39 Å². The Kier molecular flexibility index (Phi) is 4.58. The van der Waals surface area contributed by atoms with E-state index < -0.39 is 3.93 Å². The molecule has 4 nitrogen and oxygen atoms in total. The second-order valence-electron chi connectivity index (χ2n) is 4.72. The van der Waals surface area contributed by atoms with Crippen molar-refractivity contribution in [2.24, 2.45) is 0 Å². The van der Waals surface area contributed by atoms with Gasteiger partial charge in [0.15, 0.2) is 5.65 Å². The van der Waals surface area contributed by atoms with Gasteiger partial charge in [-0.2, -0.15) is 13.8 Å². The van der Waals surface area contributed by atoms with E-state index in [1.165, 1.54) is 6.07 Å². The van der Waals surface area contributed by atoms with Crippen molar-refractivity contribution >= 4 is 51.0 Å². The van der Waals surface area contributed by atoms with Gasteiger partial charge in [0.1, 0.15) is 5.82 Å². The average Bonchev–Trinajstić information content (AvgIpc) is 2.52. The van der Waals surface area contributed by atoms with Crippen molar-refractivity contribution in [2.75, 3.05) is 5.32 Å². The van der Waals surface area contributed by atoms with E-state index in [0.29, 0.717) is 22.4 Å². The lowest BCUT2D eigenvalue weighted by Gasteiger charge is -2.15. The van der Waals surface area contributed by atoms with Gasteiger partial charge in [-0.3, -0.25) is 0 Å². The number of alkyl halides is 3. The van der Waals surface area contributed by atoms with Crippen LogP contribution in [0.5, 0.6) is 0 Å². The van der Waals surface area contributed by atoms with Crippen LogP contribution < -0.4 is 5.32 Å². The molecule has 0 aliphatic carbocycles. The first kappa shape index (κ1) is 16.3. The minimum Gasteiger partial charge on any atom is -0.365 e. The quantitative estimate of drug-likeness (QED) is 0.356. The SMILES string of the molecule is FC(F)(I)c1ccccc1CNc1nc(Cl)nc2ncccc12. The molecule has 1 N–H and O–H groups in total. The molecule has 0 amide bonds. The second-order valence-corrected chi connectivity index (χ2v) is 6.42. The second kappa shape index (κ2) is 6.48. The summed E-state index contributed by atoms with van der Waals surface area (Å²) in [5.41, 5.74) is 0.900. The lowest BCUT2D eigenvalue weighted by molar-refractivity contribution is 0.126. The first-order valence-electron chi connectivity index (χ1n) is 6.62. The minimum atomic E-state index is -2.94. The number of fused-ring (bicyclic) bond motifs is 1. The van der Waals surface area contributed by atoms with Crippen molar-refractivity contribution in [1.82, 2.24) is 15.0 Å². The number of anilines is 1. The summed E-state index contributed by atoms with van der Waals surface area (Å²) in [6, 6.07) is 9.91. The molecule has 0 spiro atoms. The molecule has 0 fully saturated rings. The molecule has 23 heavy (non-hydrogen) atoms. The van der Waals surface area contributed by atoms with E-state index in [9.17, 15) is 8.78 Å². The first-order chi connectivity index (χ1) is 10.9. The van der Waals surface area contributed by atoms with Crippen LogP contribution in [0.1, 0.15) is 11.1 Å². The highest BCUT2D eigenvalue weighted by molar-refractivity contribution is 14.1. The monoisotopic (exact) mass is 446 g/mol. The van der Waals surface area contributed by atoms with Gasteiger partial charge >= 0.3 is 3.93 Å². The zero-order chi connectivity index (χ0) is 16.4. The normalized spacial score (nSPS) is 11.7. The van der Waals surface area contributed by atoms with Crippen molar-refractivity contribution in [2.45, 2.75) is 10.5 Å². The van der Waals surface area contributed by atoms with Crippen molar-refractivity contribution in [3.05, 3.63) is 59.0 Å². The number of aromatic nitrogens is 3. The molecule has 0 atom stereocenters. The zero-order valence-electron chi connectivity index (χ0n) is 11.6. The van der Waals surface area contributed by atoms with E-state index in [4.69, 9.17) is 11.6 Å². The Labute approximate surface area is 149 Å². The zero-order valence-corrected chi connectivity index (χ0v) is 14.5. The maximum atomic E-state index is 13.7. The smallest absolute Gasteiger partial charge is 0.321 e. The van der Waals surface area contributed by atoms with Crippen molar-refractivity contribution in [3.8, 4) is 0 Å². The number of nitrogens with one attached hydrogen (secondary N) is 1. The van der Waals surface area contributed by atoms with Gasteiger partial charge in [0.2, 0.25) is 5.28 Å². The van der Waals surface area contributed by atoms with Crippen LogP contribution in [-0.4, -0.2) is 15.0 Å². The highest BCUT2D eigenvalue weighted by atomic mass is 127. The van der Waals surface area contributed by atoms with E-state index in [-0.39, 0.29) is 17.4 Å². The van der Waals surface area contributed by atoms with Crippen LogP contribution in [0.15, 0.2) is 42.6 Å². The Morgan fingerprint density at radius 2 is 1.91 bits per heavy atom. The van der Waals surface area contributed by atoms with Crippen LogP contribution in [0.4, 0.5) is 14.6 Å². The largest absolute Gasteiger partial charge is 0.365 e. The van der Waals surface area contributed by atoms with E-state index in [1.807, 2.05) is 0 Å². The number of nitrogens with zero attached hydrogens (tertiary/aromatic N) is 3. The van der Waals surface area contributed by atoms with Gasteiger partial charge in [-0.05, 0) is 29.3 Å². The molecule has 1 aromatic carbocycles. The molecule has 118 valence electrons. The lowest BCUT2D eigenvalue weighted by Crippen LogP contribution is -2.11. The molecule has 2 heterocycles. The summed E-state index contributed by atoms with van der Waals surface area (Å²) in [6.07, 6.45) is 1.60. The molecule has 0 saturated carbocycles. The fourth-order valence-corrected chi connectivity index (χ4v) is 2.89. The lowest BCUT2D eigenvalue weighted by atomic mass is 10.1. The highest BCUT2D eigenvalue weighted by Gasteiger charge is 2.29. The summed E-state index contributed by atoms with van der Waals surface area (Å²) in [6.45, 7) is 0.187. The van der Waals surface area contributed by atoms with Gasteiger partial charge in [0, 0.05) is 40.9 Å². The van der Waals surface area contributed by atoms with E-state index in [1.54, 1.807) is 36.5 Å². The Morgan fingerprint density at radius 3 is 2.70 bits per heavy atom. The third-order valence-corrected chi connectivity index (χ3v) is 3.96. The van der Waals surface area contributed by atoms with Crippen LogP contribution in [0.2, 0.25) is 5.28 Å². The molecule has 3 aromatic rings. The maximum Gasteiger partial charge on any atom is 0.321 e. The van der Waals surface area contributed by atoms with Gasteiger partial charge < -0.3 is 5.32 Å². The van der Waals surface area contributed by atoms with Crippen molar-refractivity contribution in [3.63, 3.8) is 0 Å². The summed E-state index contributed by atoms with van der Waals surface area (Å²) in [7, 11) is 0. The Bertz CT molecular complexity index is 854. The molecule has 0 aliphatic heterocycles. The number of hydrogen-bond donors (Lipinski definition) is 1. The van der Waals surface area contributed by atoms with Gasteiger partial charge in [-0.25, -0.2) is 9.97 Å². The molecule has 0 bridgehead atoms. The van der Waals surface area contributed by atoms with Crippen LogP contribution in [0.3, 0.4) is 0 Å². The molecule has 2 aromatic heterocycles. The Balaban J connectivity index is 1.93. The standard InChI is InChI=1S/C15H10ClF2IN4/c16-14-22-12-10(5-3-7-20-12)13(23-14)21-8-9-4-1-2-6-11(9)15(17,18)19/h1-7H,8H2,(H,20,21,22,23). The average molecular weight is 447 g/mol. The molecule has 0 radical (unpaired) electrons. The number of benzene rings is 1. The Morgan fingerprint density at radius 1 is 1.13 bits per heavy atom. The summed E-state index contributed by atoms with van der Waals surface area (Å²) in [5, 5.41) is 3.77. The number of halogens is 4. The first-order valence-corrected chi connectivity index (χ1v) is 8.08. The maximum absolute atomic E-state index is 13.7. The minimum absolute atomic E-state index is 0.0318. The number of hydrogen-bond acceptors (Lipinski definition) is 4. The molecule has 0 saturated heterocycles. The summed E-state index contributed by atoms with van der Waals surface area (Å²) < 4.78 is 24.4. The molecule has 8 heteroatoms. The van der Waals surface area contributed by atoms with E-state index in [2.05, 4.69) is 20.3 Å². The third-order valence-electron chi connectivity index (χ3n) is 3.21. The predicted octanol–water partition coefficient (Wildman–Crippen LogP) is 4.77. The number of pyridine rings is 1.